The third-order valence-electron chi connectivity index (χ3n) is 6.14. The van der Waals surface area contributed by atoms with Gasteiger partial charge < -0.3 is 9.84 Å². The zero-order chi connectivity index (χ0) is 19.2. The van der Waals surface area contributed by atoms with Crippen LogP contribution >= 0.6 is 11.6 Å². The number of Topliss-reactive ketones (excluding diaryl/α,β-unsaturated/α-hetero) is 1. The zero-order valence-electron chi connectivity index (χ0n) is 15.3. The van der Waals surface area contributed by atoms with Crippen molar-refractivity contribution in [3.05, 3.63) is 64.3 Å². The molecule has 5 nitrogen and oxygen atoms in total. The predicted octanol–water partition coefficient (Wildman–Crippen LogP) is 4.04. The molecule has 6 heteroatoms. The van der Waals surface area contributed by atoms with E-state index in [9.17, 15) is 9.90 Å². The summed E-state index contributed by atoms with van der Waals surface area (Å²) in [6, 6.07) is 10.1. The number of carbonyl (C=O) groups is 1. The molecule has 1 saturated carbocycles. The number of fused-ring (bicyclic) bond motifs is 3. The fourth-order valence-electron chi connectivity index (χ4n) is 4.97. The number of aliphatic hydroxyl groups excluding tert-OH is 1. The average molecular weight is 385 g/mol. The Morgan fingerprint density at radius 3 is 2.70 bits per heavy atom. The zero-order valence-corrected chi connectivity index (χ0v) is 16.0. The monoisotopic (exact) mass is 384 g/mol. The highest BCUT2D eigenvalue weighted by Crippen LogP contribution is 2.56. The van der Waals surface area contributed by atoms with Crippen molar-refractivity contribution in [2.45, 2.75) is 31.6 Å². The van der Waals surface area contributed by atoms with Crippen molar-refractivity contribution >= 4 is 17.4 Å². The molecule has 1 N–H and O–H groups in total. The topological polar surface area (TPSA) is 72.3 Å². The van der Waals surface area contributed by atoms with E-state index < -0.39 is 5.41 Å². The Bertz CT molecular complexity index is 929. The number of hydrogen-bond donors (Lipinski definition) is 1. The van der Waals surface area contributed by atoms with Gasteiger partial charge in [-0.3, -0.25) is 4.79 Å². The molecule has 4 rings (SSSR count). The highest BCUT2D eigenvalue weighted by molar-refractivity contribution is 6.28. The Kier molecular flexibility index (Phi) is 4.42. The Hall–Kier alpha value is -2.40. The molecule has 1 aromatic heterocycles. The molecule has 1 fully saturated rings. The van der Waals surface area contributed by atoms with Gasteiger partial charge in [-0.05, 0) is 42.3 Å². The molecule has 140 valence electrons. The maximum atomic E-state index is 12.8. The normalized spacial score (nSPS) is 28.6. The van der Waals surface area contributed by atoms with Crippen LogP contribution in [0.15, 0.2) is 42.2 Å². The van der Waals surface area contributed by atoms with E-state index in [1.807, 2.05) is 25.1 Å². The van der Waals surface area contributed by atoms with Gasteiger partial charge in [0.25, 0.3) is 0 Å². The molecule has 1 heterocycles. The van der Waals surface area contributed by atoms with E-state index in [2.05, 4.69) is 22.1 Å². The van der Waals surface area contributed by atoms with Crippen LogP contribution in [0.5, 0.6) is 5.88 Å². The number of carbonyl (C=O) groups excluding carboxylic acids is 1. The van der Waals surface area contributed by atoms with Crippen molar-refractivity contribution in [3.63, 3.8) is 0 Å². The summed E-state index contributed by atoms with van der Waals surface area (Å²) in [4.78, 5) is 21.7. The number of methoxy groups -OCH3 is 1. The number of rotatable bonds is 2. The van der Waals surface area contributed by atoms with Gasteiger partial charge in [0, 0.05) is 22.5 Å². The maximum Gasteiger partial charge on any atom is 0.225 e. The first kappa shape index (κ1) is 18.0. The van der Waals surface area contributed by atoms with Gasteiger partial charge in [-0.25, -0.2) is 4.98 Å². The number of ketones is 1. The van der Waals surface area contributed by atoms with Crippen molar-refractivity contribution in [1.29, 1.82) is 0 Å². The maximum absolute atomic E-state index is 12.8. The number of aromatic nitrogens is 2. The predicted molar refractivity (Wildman–Crippen MR) is 102 cm³/mol. The van der Waals surface area contributed by atoms with E-state index in [1.54, 1.807) is 7.11 Å². The molecule has 0 radical (unpaired) electrons. The van der Waals surface area contributed by atoms with Crippen molar-refractivity contribution in [1.82, 2.24) is 9.97 Å². The van der Waals surface area contributed by atoms with E-state index in [1.165, 1.54) is 0 Å². The highest BCUT2D eigenvalue weighted by atomic mass is 35.5. The molecule has 2 aliphatic carbocycles. The first-order valence-corrected chi connectivity index (χ1v) is 9.44. The molecule has 0 saturated heterocycles. The lowest BCUT2D eigenvalue weighted by Gasteiger charge is -2.50. The Labute approximate surface area is 163 Å². The van der Waals surface area contributed by atoms with Crippen LogP contribution in [0, 0.1) is 11.8 Å². The van der Waals surface area contributed by atoms with Crippen molar-refractivity contribution in [2.24, 2.45) is 11.8 Å². The molecule has 1 unspecified atom stereocenters. The summed E-state index contributed by atoms with van der Waals surface area (Å²) < 4.78 is 5.49. The first-order valence-electron chi connectivity index (χ1n) is 9.06. The molecule has 1 aromatic carbocycles. The fraction of sp³-hybridized carbons (Fsp3) is 0.381. The molecule has 0 amide bonds. The minimum absolute atomic E-state index is 0.00428. The average Bonchev–Trinajstić information content (AvgIpc) is 2.70. The molecule has 0 bridgehead atoms. The third kappa shape index (κ3) is 2.56. The molecule has 3 atom stereocenters. The Morgan fingerprint density at radius 2 is 2.04 bits per heavy atom. The smallest absolute Gasteiger partial charge is 0.225 e. The summed E-state index contributed by atoms with van der Waals surface area (Å²) in [7, 11) is 1.58. The summed E-state index contributed by atoms with van der Waals surface area (Å²) in [5, 5.41) is 9.89. The quantitative estimate of drug-likeness (QED) is 0.480. The molecular weight excluding hydrogens is 364 g/mol. The lowest BCUT2D eigenvalue weighted by Crippen LogP contribution is -2.51. The summed E-state index contributed by atoms with van der Waals surface area (Å²) >= 11 is 6.24. The van der Waals surface area contributed by atoms with Gasteiger partial charge in [-0.15, -0.1) is 0 Å². The Morgan fingerprint density at radius 1 is 1.30 bits per heavy atom. The van der Waals surface area contributed by atoms with Crippen LogP contribution in [0.2, 0.25) is 5.28 Å². The van der Waals surface area contributed by atoms with Gasteiger partial charge in [0.05, 0.1) is 19.1 Å². The van der Waals surface area contributed by atoms with Crippen LogP contribution in [0.25, 0.3) is 0 Å². The van der Waals surface area contributed by atoms with Gasteiger partial charge in [0.2, 0.25) is 11.2 Å². The lowest BCUT2D eigenvalue weighted by molar-refractivity contribution is -0.123. The molecule has 0 spiro atoms. The van der Waals surface area contributed by atoms with Crippen molar-refractivity contribution in [3.8, 4) is 5.88 Å². The van der Waals surface area contributed by atoms with Crippen molar-refractivity contribution < 1.29 is 14.6 Å². The summed E-state index contributed by atoms with van der Waals surface area (Å²) in [6.07, 6.45) is 2.87. The Balaban J connectivity index is 2.06. The first-order chi connectivity index (χ1) is 13.0. The van der Waals surface area contributed by atoms with E-state index in [0.717, 1.165) is 35.9 Å². The highest BCUT2D eigenvalue weighted by Gasteiger charge is 2.55. The number of ether oxygens (including phenoxy) is 1. The van der Waals surface area contributed by atoms with Crippen LogP contribution in [0.1, 0.15) is 36.6 Å². The minimum Gasteiger partial charge on any atom is -0.515 e. The summed E-state index contributed by atoms with van der Waals surface area (Å²) in [5.41, 5.74) is 2.66. The number of halogens is 1. The second-order valence-electron chi connectivity index (χ2n) is 7.30. The van der Waals surface area contributed by atoms with Gasteiger partial charge >= 0.3 is 0 Å². The van der Waals surface area contributed by atoms with Gasteiger partial charge in [0.15, 0.2) is 5.78 Å². The van der Waals surface area contributed by atoms with Gasteiger partial charge in [0.1, 0.15) is 0 Å². The number of hydrogen-bond acceptors (Lipinski definition) is 5. The second kappa shape index (κ2) is 6.64. The van der Waals surface area contributed by atoms with Crippen LogP contribution in [0.3, 0.4) is 0 Å². The van der Waals surface area contributed by atoms with E-state index in [-0.39, 0.29) is 22.9 Å². The van der Waals surface area contributed by atoms with E-state index >= 15 is 0 Å². The van der Waals surface area contributed by atoms with E-state index in [4.69, 9.17) is 16.3 Å². The SMILES string of the molecule is COc1nc(Cl)nc2c1CC[C@H]1[C@H](C)C(=O)/C(=C\O)CC21c1ccccc1. The number of nitrogens with zero attached hydrogens (tertiary/aromatic N) is 2. The van der Waals surface area contributed by atoms with Crippen LogP contribution in [-0.4, -0.2) is 28.0 Å². The molecule has 2 aromatic rings. The minimum atomic E-state index is -0.559. The molecule has 0 aliphatic heterocycles. The van der Waals surface area contributed by atoms with Gasteiger partial charge in [-0.2, -0.15) is 4.98 Å². The van der Waals surface area contributed by atoms with Gasteiger partial charge in [-0.1, -0.05) is 37.3 Å². The summed E-state index contributed by atoms with van der Waals surface area (Å²) in [5.74, 6) is 0.312. The molecule has 2 aliphatic rings. The van der Waals surface area contributed by atoms with E-state index in [0.29, 0.717) is 17.9 Å². The number of benzene rings is 1. The molecule has 27 heavy (non-hydrogen) atoms. The standard InChI is InChI=1S/C21H21ClN2O3/c1-12-16-9-8-15-18(23-20(22)24-19(15)27-2)21(16,10-13(11-25)17(12)26)14-6-4-3-5-7-14/h3-7,11-12,16,25H,8-10H2,1-2H3/b13-11-/t12-,16-,21?/m0/s1. The van der Waals surface area contributed by atoms with Crippen molar-refractivity contribution in [2.75, 3.05) is 7.11 Å². The largest absolute Gasteiger partial charge is 0.515 e. The van der Waals surface area contributed by atoms with Crippen LogP contribution in [0.4, 0.5) is 0 Å². The third-order valence-corrected chi connectivity index (χ3v) is 6.31. The van der Waals surface area contributed by atoms with Crippen LogP contribution in [-0.2, 0) is 16.6 Å². The van der Waals surface area contributed by atoms with Crippen LogP contribution < -0.4 is 4.74 Å². The number of allylic oxidation sites excluding steroid dienone is 1. The number of aliphatic hydroxyl groups is 1. The summed E-state index contributed by atoms with van der Waals surface area (Å²) in [6.45, 7) is 1.94. The lowest BCUT2D eigenvalue weighted by atomic mass is 9.52. The second-order valence-corrected chi connectivity index (χ2v) is 7.63. The fourth-order valence-corrected chi connectivity index (χ4v) is 5.14. The molecular formula is C21H21ClN2O3.